The number of piperidine rings is 1. The fourth-order valence-electron chi connectivity index (χ4n) is 2.69. The SMILES string of the molecule is O=C(O)CCN1CCC(c2ccc(C(F)(F)F)cc2)CC1.[Li]. The Morgan fingerprint density at radius 3 is 2.18 bits per heavy atom. The fourth-order valence-corrected chi connectivity index (χ4v) is 2.69. The van der Waals surface area contributed by atoms with E-state index in [0.29, 0.717) is 6.54 Å². The van der Waals surface area contributed by atoms with Crippen LogP contribution in [0.3, 0.4) is 0 Å². The van der Waals surface area contributed by atoms with Gasteiger partial charge in [0.25, 0.3) is 0 Å². The quantitative estimate of drug-likeness (QED) is 0.869. The molecule has 1 N–H and O–H groups in total. The Morgan fingerprint density at radius 2 is 1.73 bits per heavy atom. The van der Waals surface area contributed by atoms with Crippen molar-refractivity contribution in [1.29, 1.82) is 0 Å². The predicted octanol–water partition coefficient (Wildman–Crippen LogP) is 2.98. The number of hydrogen-bond acceptors (Lipinski definition) is 2. The first kappa shape index (κ1) is 19.1. The van der Waals surface area contributed by atoms with Crippen molar-refractivity contribution in [2.24, 2.45) is 0 Å². The number of alkyl halides is 3. The zero-order chi connectivity index (χ0) is 15.5. The van der Waals surface area contributed by atoms with E-state index in [-0.39, 0.29) is 31.2 Å². The molecule has 1 aliphatic rings. The van der Waals surface area contributed by atoms with Crippen LogP contribution in [0.5, 0.6) is 0 Å². The Balaban J connectivity index is 0.00000242. The van der Waals surface area contributed by atoms with Crippen LogP contribution in [0.15, 0.2) is 24.3 Å². The largest absolute Gasteiger partial charge is 0.481 e. The van der Waals surface area contributed by atoms with Gasteiger partial charge in [-0.05, 0) is 49.5 Å². The van der Waals surface area contributed by atoms with Crippen molar-refractivity contribution in [3.05, 3.63) is 35.4 Å². The third-order valence-electron chi connectivity index (χ3n) is 3.94. The van der Waals surface area contributed by atoms with Gasteiger partial charge >= 0.3 is 12.1 Å². The predicted molar refractivity (Wildman–Crippen MR) is 77.9 cm³/mol. The second-order valence-electron chi connectivity index (χ2n) is 5.38. The van der Waals surface area contributed by atoms with Gasteiger partial charge in [0.05, 0.1) is 12.0 Å². The summed E-state index contributed by atoms with van der Waals surface area (Å²) in [5.41, 5.74) is 0.311. The Bertz CT molecular complexity index is 483. The summed E-state index contributed by atoms with van der Waals surface area (Å²) in [6.07, 6.45) is -2.46. The molecule has 1 aromatic rings. The average Bonchev–Trinajstić information content (AvgIpc) is 2.45. The molecule has 1 radical (unpaired) electrons. The summed E-state index contributed by atoms with van der Waals surface area (Å²) in [5.74, 6) is -0.548. The van der Waals surface area contributed by atoms with Gasteiger partial charge in [0.2, 0.25) is 0 Å². The molecular weight excluding hydrogens is 290 g/mol. The molecule has 1 aliphatic heterocycles. The second-order valence-corrected chi connectivity index (χ2v) is 5.38. The van der Waals surface area contributed by atoms with Gasteiger partial charge < -0.3 is 10.0 Å². The zero-order valence-corrected chi connectivity index (χ0v) is 12.6. The third-order valence-corrected chi connectivity index (χ3v) is 3.94. The summed E-state index contributed by atoms with van der Waals surface area (Å²) < 4.78 is 37.5. The zero-order valence-electron chi connectivity index (χ0n) is 12.6. The Hall–Kier alpha value is -0.963. The van der Waals surface area contributed by atoms with Crippen LogP contribution in [0, 0.1) is 0 Å². The number of likely N-dealkylation sites (tertiary alicyclic amines) is 1. The number of aliphatic carboxylic acids is 1. The molecule has 22 heavy (non-hydrogen) atoms. The van der Waals surface area contributed by atoms with Crippen molar-refractivity contribution >= 4 is 24.8 Å². The van der Waals surface area contributed by atoms with Crippen LogP contribution in [-0.4, -0.2) is 54.5 Å². The molecule has 1 fully saturated rings. The molecule has 0 atom stereocenters. The number of carboxylic acid groups (broad SMARTS) is 1. The minimum absolute atomic E-state index is 0. The smallest absolute Gasteiger partial charge is 0.416 e. The van der Waals surface area contributed by atoms with Crippen molar-refractivity contribution in [1.82, 2.24) is 4.90 Å². The van der Waals surface area contributed by atoms with Crippen LogP contribution < -0.4 is 0 Å². The topological polar surface area (TPSA) is 40.5 Å². The van der Waals surface area contributed by atoms with Gasteiger partial charge in [0.15, 0.2) is 0 Å². The molecule has 1 heterocycles. The first-order chi connectivity index (χ1) is 9.86. The van der Waals surface area contributed by atoms with Gasteiger partial charge in [-0.1, -0.05) is 12.1 Å². The van der Waals surface area contributed by atoms with Gasteiger partial charge in [-0.3, -0.25) is 4.79 Å². The molecule has 117 valence electrons. The van der Waals surface area contributed by atoms with E-state index in [4.69, 9.17) is 5.11 Å². The molecule has 0 aromatic heterocycles. The molecule has 1 aromatic carbocycles. The van der Waals surface area contributed by atoms with Crippen molar-refractivity contribution in [3.8, 4) is 0 Å². The Kier molecular flexibility index (Phi) is 6.98. The standard InChI is InChI=1S/C15H18F3NO2.Li/c16-15(17,18)13-3-1-11(2-4-13)12-5-8-19(9-6-12)10-7-14(20)21;/h1-4,12H,5-10H2,(H,20,21);. The minimum atomic E-state index is -4.29. The van der Waals surface area contributed by atoms with Crippen molar-refractivity contribution in [3.63, 3.8) is 0 Å². The maximum absolute atomic E-state index is 12.5. The van der Waals surface area contributed by atoms with Gasteiger partial charge in [-0.15, -0.1) is 0 Å². The summed E-state index contributed by atoms with van der Waals surface area (Å²) in [4.78, 5) is 12.6. The first-order valence-corrected chi connectivity index (χ1v) is 6.97. The normalized spacial score (nSPS) is 17.0. The van der Waals surface area contributed by atoms with Gasteiger partial charge in [0.1, 0.15) is 0 Å². The van der Waals surface area contributed by atoms with E-state index >= 15 is 0 Å². The van der Waals surface area contributed by atoms with Crippen LogP contribution in [0.1, 0.15) is 36.3 Å². The van der Waals surface area contributed by atoms with Crippen molar-refractivity contribution < 1.29 is 23.1 Å². The molecule has 3 nitrogen and oxygen atoms in total. The summed E-state index contributed by atoms with van der Waals surface area (Å²) in [5, 5.41) is 8.65. The number of carbonyl (C=O) groups is 1. The number of rotatable bonds is 4. The average molecular weight is 308 g/mol. The summed E-state index contributed by atoms with van der Waals surface area (Å²) in [7, 11) is 0. The monoisotopic (exact) mass is 308 g/mol. The van der Waals surface area contributed by atoms with E-state index in [9.17, 15) is 18.0 Å². The van der Waals surface area contributed by atoms with E-state index in [1.165, 1.54) is 0 Å². The second kappa shape index (κ2) is 8.05. The maximum Gasteiger partial charge on any atom is 0.416 e. The fraction of sp³-hybridized carbons (Fsp3) is 0.533. The Labute approximate surface area is 139 Å². The molecule has 0 saturated carbocycles. The van der Waals surface area contributed by atoms with Crippen molar-refractivity contribution in [2.75, 3.05) is 19.6 Å². The van der Waals surface area contributed by atoms with Crippen LogP contribution in [-0.2, 0) is 11.0 Å². The van der Waals surface area contributed by atoms with Crippen LogP contribution >= 0.6 is 0 Å². The van der Waals surface area contributed by atoms with Crippen LogP contribution in [0.25, 0.3) is 0 Å². The van der Waals surface area contributed by atoms with Crippen molar-refractivity contribution in [2.45, 2.75) is 31.4 Å². The van der Waals surface area contributed by atoms with E-state index in [1.807, 2.05) is 0 Å². The molecule has 0 spiro atoms. The van der Waals surface area contributed by atoms with Crippen LogP contribution in [0.2, 0.25) is 0 Å². The van der Waals surface area contributed by atoms with Gasteiger partial charge in [-0.25, -0.2) is 0 Å². The molecule has 2 rings (SSSR count). The number of halogens is 3. The van der Waals surface area contributed by atoms with Crippen LogP contribution in [0.4, 0.5) is 13.2 Å². The molecule has 0 amide bonds. The maximum atomic E-state index is 12.5. The molecule has 7 heteroatoms. The Morgan fingerprint density at radius 1 is 1.18 bits per heavy atom. The van der Waals surface area contributed by atoms with Gasteiger partial charge in [0, 0.05) is 25.4 Å². The van der Waals surface area contributed by atoms with E-state index in [1.54, 1.807) is 12.1 Å². The summed E-state index contributed by atoms with van der Waals surface area (Å²) in [6.45, 7) is 2.12. The summed E-state index contributed by atoms with van der Waals surface area (Å²) >= 11 is 0. The molecule has 0 aliphatic carbocycles. The van der Waals surface area contributed by atoms with E-state index in [2.05, 4.69) is 4.90 Å². The number of nitrogens with zero attached hydrogens (tertiary/aromatic N) is 1. The molecule has 0 unspecified atom stereocenters. The van der Waals surface area contributed by atoms with Gasteiger partial charge in [-0.2, -0.15) is 13.2 Å². The number of benzene rings is 1. The third kappa shape index (κ3) is 5.35. The summed E-state index contributed by atoms with van der Waals surface area (Å²) in [6, 6.07) is 5.37. The molecular formula is C15H18F3LiNO2. The number of carboxylic acids is 1. The first-order valence-electron chi connectivity index (χ1n) is 6.97. The molecule has 0 bridgehead atoms. The minimum Gasteiger partial charge on any atom is -0.481 e. The molecule has 1 saturated heterocycles. The van der Waals surface area contributed by atoms with E-state index in [0.717, 1.165) is 43.6 Å². The van der Waals surface area contributed by atoms with E-state index < -0.39 is 17.7 Å². The number of hydrogen-bond donors (Lipinski definition) is 1.